The van der Waals surface area contributed by atoms with Crippen LogP contribution in [-0.2, 0) is 11.3 Å². The lowest BCUT2D eigenvalue weighted by Gasteiger charge is -2.45. The van der Waals surface area contributed by atoms with Crippen LogP contribution < -0.4 is 5.32 Å². The molecule has 1 aromatic rings. The number of morpholine rings is 1. The molecule has 120 valence electrons. The molecule has 0 aromatic carbocycles. The van der Waals surface area contributed by atoms with Gasteiger partial charge in [-0.1, -0.05) is 0 Å². The maximum atomic E-state index is 5.83. The molecule has 1 aromatic heterocycles. The molecule has 0 spiro atoms. The molecule has 2 heterocycles. The van der Waals surface area contributed by atoms with Crippen LogP contribution >= 0.6 is 0 Å². The lowest BCUT2D eigenvalue weighted by Crippen LogP contribution is -2.58. The lowest BCUT2D eigenvalue weighted by atomic mass is 10.00. The number of ether oxygens (including phenoxy) is 1. The average Bonchev–Trinajstić information content (AvgIpc) is 2.69. The van der Waals surface area contributed by atoms with E-state index in [2.05, 4.69) is 62.0 Å². The molecule has 5 nitrogen and oxygen atoms in total. The molecular weight excluding hydrogens is 264 g/mol. The minimum absolute atomic E-state index is 0.123. The third kappa shape index (κ3) is 4.05. The van der Waals surface area contributed by atoms with E-state index in [4.69, 9.17) is 4.74 Å². The zero-order valence-corrected chi connectivity index (χ0v) is 14.3. The van der Waals surface area contributed by atoms with E-state index >= 15 is 0 Å². The molecule has 0 saturated carbocycles. The molecule has 0 amide bonds. The molecule has 1 fully saturated rings. The van der Waals surface area contributed by atoms with Crippen LogP contribution in [0.25, 0.3) is 0 Å². The van der Waals surface area contributed by atoms with Crippen LogP contribution in [0.3, 0.4) is 0 Å². The van der Waals surface area contributed by atoms with Crippen LogP contribution in [0.1, 0.15) is 44.6 Å². The monoisotopic (exact) mass is 294 g/mol. The van der Waals surface area contributed by atoms with Crippen molar-refractivity contribution in [2.75, 3.05) is 19.6 Å². The van der Waals surface area contributed by atoms with Crippen molar-refractivity contribution in [3.8, 4) is 0 Å². The number of rotatable bonds is 5. The summed E-state index contributed by atoms with van der Waals surface area (Å²) in [4.78, 5) is 2.54. The highest BCUT2D eigenvalue weighted by molar-refractivity contribution is 5.22. The number of nitrogens with one attached hydrogen (secondary N) is 2. The SMILES string of the molecule is Cc1n[nH]c(C)c1CNCC(C)(C)N1C[C@H](C)O[C@@H](C)C1. The number of hydrogen-bond acceptors (Lipinski definition) is 4. The second kappa shape index (κ2) is 6.46. The third-order valence-corrected chi connectivity index (χ3v) is 4.42. The molecule has 0 aliphatic carbocycles. The molecule has 0 unspecified atom stereocenters. The van der Waals surface area contributed by atoms with Gasteiger partial charge in [0.15, 0.2) is 0 Å². The third-order valence-electron chi connectivity index (χ3n) is 4.42. The zero-order chi connectivity index (χ0) is 15.6. The Morgan fingerprint density at radius 3 is 2.43 bits per heavy atom. The van der Waals surface area contributed by atoms with Crippen LogP contribution in [0.5, 0.6) is 0 Å². The summed E-state index contributed by atoms with van der Waals surface area (Å²) in [5, 5.41) is 10.9. The van der Waals surface area contributed by atoms with Gasteiger partial charge in [0.1, 0.15) is 0 Å². The van der Waals surface area contributed by atoms with Crippen LogP contribution in [0.4, 0.5) is 0 Å². The molecular formula is C16H30N4O. The Bertz CT molecular complexity index is 439. The van der Waals surface area contributed by atoms with Crippen molar-refractivity contribution in [3.63, 3.8) is 0 Å². The van der Waals surface area contributed by atoms with E-state index < -0.39 is 0 Å². The van der Waals surface area contributed by atoms with Crippen LogP contribution in [0.2, 0.25) is 0 Å². The van der Waals surface area contributed by atoms with E-state index in [0.29, 0.717) is 12.2 Å². The van der Waals surface area contributed by atoms with E-state index in [1.54, 1.807) is 0 Å². The van der Waals surface area contributed by atoms with Gasteiger partial charge in [-0.2, -0.15) is 5.10 Å². The van der Waals surface area contributed by atoms with Gasteiger partial charge < -0.3 is 10.1 Å². The van der Waals surface area contributed by atoms with Crippen LogP contribution in [0.15, 0.2) is 0 Å². The summed E-state index contributed by atoms with van der Waals surface area (Å²) in [6.07, 6.45) is 0.623. The molecule has 21 heavy (non-hydrogen) atoms. The molecule has 1 saturated heterocycles. The highest BCUT2D eigenvalue weighted by Crippen LogP contribution is 2.21. The maximum Gasteiger partial charge on any atom is 0.0678 e. The highest BCUT2D eigenvalue weighted by atomic mass is 16.5. The van der Waals surface area contributed by atoms with Gasteiger partial charge in [0, 0.05) is 43.0 Å². The second-order valence-electron chi connectivity index (χ2n) is 6.99. The Morgan fingerprint density at radius 1 is 1.29 bits per heavy atom. The Hall–Kier alpha value is -0.910. The lowest BCUT2D eigenvalue weighted by molar-refractivity contribution is -0.0952. The summed E-state index contributed by atoms with van der Waals surface area (Å²) in [6.45, 7) is 16.9. The number of aryl methyl sites for hydroxylation is 2. The van der Waals surface area contributed by atoms with Crippen molar-refractivity contribution in [2.45, 2.75) is 65.8 Å². The van der Waals surface area contributed by atoms with Crippen molar-refractivity contribution in [1.82, 2.24) is 20.4 Å². The molecule has 2 rings (SSSR count). The smallest absolute Gasteiger partial charge is 0.0678 e. The van der Waals surface area contributed by atoms with E-state index in [9.17, 15) is 0 Å². The summed E-state index contributed by atoms with van der Waals surface area (Å²) < 4.78 is 5.83. The fraction of sp³-hybridized carbons (Fsp3) is 0.812. The molecule has 1 aliphatic rings. The minimum Gasteiger partial charge on any atom is -0.373 e. The molecule has 2 atom stereocenters. The largest absolute Gasteiger partial charge is 0.373 e. The predicted molar refractivity (Wildman–Crippen MR) is 85.4 cm³/mol. The van der Waals surface area contributed by atoms with E-state index in [1.807, 2.05) is 0 Å². The molecule has 5 heteroatoms. The van der Waals surface area contributed by atoms with Crippen molar-refractivity contribution in [2.24, 2.45) is 0 Å². The molecule has 2 N–H and O–H groups in total. The fourth-order valence-electron chi connectivity index (χ4n) is 3.11. The fourth-order valence-corrected chi connectivity index (χ4v) is 3.11. The van der Waals surface area contributed by atoms with Gasteiger partial charge >= 0.3 is 0 Å². The average molecular weight is 294 g/mol. The molecule has 0 bridgehead atoms. The quantitative estimate of drug-likeness (QED) is 0.872. The van der Waals surface area contributed by atoms with Gasteiger partial charge in [-0.15, -0.1) is 0 Å². The number of nitrogens with zero attached hydrogens (tertiary/aromatic N) is 2. The van der Waals surface area contributed by atoms with Crippen molar-refractivity contribution < 1.29 is 4.74 Å². The van der Waals surface area contributed by atoms with Crippen molar-refractivity contribution in [3.05, 3.63) is 17.0 Å². The van der Waals surface area contributed by atoms with Gasteiger partial charge in [-0.3, -0.25) is 10.00 Å². The van der Waals surface area contributed by atoms with Gasteiger partial charge in [-0.25, -0.2) is 0 Å². The number of aromatic nitrogens is 2. The van der Waals surface area contributed by atoms with E-state index in [1.165, 1.54) is 5.56 Å². The summed E-state index contributed by atoms with van der Waals surface area (Å²) in [5.74, 6) is 0. The topological polar surface area (TPSA) is 53.2 Å². The van der Waals surface area contributed by atoms with Crippen molar-refractivity contribution >= 4 is 0 Å². The molecule has 1 aliphatic heterocycles. The van der Waals surface area contributed by atoms with Gasteiger partial charge in [0.05, 0.1) is 17.9 Å². The number of aromatic amines is 1. The first-order chi connectivity index (χ1) is 9.79. The van der Waals surface area contributed by atoms with Crippen LogP contribution in [0, 0.1) is 13.8 Å². The second-order valence-corrected chi connectivity index (χ2v) is 6.99. The Morgan fingerprint density at radius 2 is 1.90 bits per heavy atom. The number of hydrogen-bond donors (Lipinski definition) is 2. The highest BCUT2D eigenvalue weighted by Gasteiger charge is 2.32. The zero-order valence-electron chi connectivity index (χ0n) is 14.3. The first-order valence-electron chi connectivity index (χ1n) is 7.91. The Labute approximate surface area is 128 Å². The first-order valence-corrected chi connectivity index (χ1v) is 7.91. The predicted octanol–water partition coefficient (Wildman–Crippen LogP) is 2.00. The maximum absolute atomic E-state index is 5.83. The van der Waals surface area contributed by atoms with Gasteiger partial charge in [-0.05, 0) is 41.5 Å². The Kier molecular flexibility index (Phi) is 5.07. The summed E-state index contributed by atoms with van der Waals surface area (Å²) in [5.41, 5.74) is 3.66. The van der Waals surface area contributed by atoms with Gasteiger partial charge in [0.2, 0.25) is 0 Å². The Balaban J connectivity index is 1.89. The first kappa shape index (κ1) is 16.5. The summed E-state index contributed by atoms with van der Waals surface area (Å²) >= 11 is 0. The number of H-pyrrole nitrogens is 1. The minimum atomic E-state index is 0.123. The molecule has 0 radical (unpaired) electrons. The summed E-state index contributed by atoms with van der Waals surface area (Å²) in [6, 6.07) is 0. The summed E-state index contributed by atoms with van der Waals surface area (Å²) in [7, 11) is 0. The normalized spacial score (nSPS) is 24.5. The standard InChI is InChI=1S/C16H30N4O/c1-11-8-20(9-12(2)21-11)16(5,6)10-17-7-15-13(3)18-19-14(15)4/h11-12,17H,7-10H2,1-6H3,(H,18,19)/t11-,12-/m0/s1. The van der Waals surface area contributed by atoms with E-state index in [0.717, 1.165) is 37.6 Å². The van der Waals surface area contributed by atoms with Crippen molar-refractivity contribution in [1.29, 1.82) is 0 Å². The van der Waals surface area contributed by atoms with Crippen LogP contribution in [-0.4, -0.2) is 52.5 Å². The van der Waals surface area contributed by atoms with Gasteiger partial charge in [0.25, 0.3) is 0 Å². The van der Waals surface area contributed by atoms with E-state index in [-0.39, 0.29) is 5.54 Å².